The molecule has 0 saturated carbocycles. The molecule has 1 unspecified atom stereocenters. The fourth-order valence-corrected chi connectivity index (χ4v) is 2.14. The van der Waals surface area contributed by atoms with E-state index in [2.05, 4.69) is 28.9 Å². The zero-order chi connectivity index (χ0) is 11.5. The summed E-state index contributed by atoms with van der Waals surface area (Å²) in [5.74, 6) is -1.53. The number of nitrogens with zero attached hydrogens (tertiary/aromatic N) is 1. The van der Waals surface area contributed by atoms with Crippen LogP contribution < -0.4 is 0 Å². The highest BCUT2D eigenvalue weighted by molar-refractivity contribution is 8.00. The highest BCUT2D eigenvalue weighted by Crippen LogP contribution is 2.31. The maximum Gasteiger partial charge on any atom is 0.490 e. The van der Waals surface area contributed by atoms with Crippen LogP contribution in [0.3, 0.4) is 0 Å². The van der Waals surface area contributed by atoms with E-state index in [-0.39, 0.29) is 0 Å². The Morgan fingerprint density at radius 1 is 1.53 bits per heavy atom. The van der Waals surface area contributed by atoms with Gasteiger partial charge in [0, 0.05) is 12.3 Å². The molecule has 2 heterocycles. The molecule has 0 aliphatic carbocycles. The summed E-state index contributed by atoms with van der Waals surface area (Å²) in [5, 5.41) is 7.97. The summed E-state index contributed by atoms with van der Waals surface area (Å²) in [6.45, 7) is 1.29. The standard InChI is InChI=1S/C6H9NS.C2HF3O2/c1-3-7-4-2-6(7)8-5-1;3-2(4,5)1(6)7/h1,3,6H,2,4-5H2;(H,6,7). The van der Waals surface area contributed by atoms with E-state index in [1.165, 1.54) is 18.7 Å². The van der Waals surface area contributed by atoms with Gasteiger partial charge < -0.3 is 10.0 Å². The fourth-order valence-electron chi connectivity index (χ4n) is 1.08. The third kappa shape index (κ3) is 3.65. The van der Waals surface area contributed by atoms with Crippen molar-refractivity contribution in [1.29, 1.82) is 0 Å². The number of halogens is 3. The molecule has 0 bridgehead atoms. The second-order valence-corrected chi connectivity index (χ2v) is 4.21. The Morgan fingerprint density at radius 2 is 2.13 bits per heavy atom. The van der Waals surface area contributed by atoms with Crippen molar-refractivity contribution >= 4 is 17.7 Å². The molecule has 1 saturated heterocycles. The number of alkyl halides is 3. The Labute approximate surface area is 88.9 Å². The summed E-state index contributed by atoms with van der Waals surface area (Å²) in [5.41, 5.74) is 0. The Kier molecular flexibility index (Phi) is 3.90. The van der Waals surface area contributed by atoms with Gasteiger partial charge in [-0.3, -0.25) is 0 Å². The van der Waals surface area contributed by atoms with Crippen molar-refractivity contribution in [2.75, 3.05) is 12.3 Å². The first-order chi connectivity index (χ1) is 6.91. The molecule has 2 aliphatic heterocycles. The van der Waals surface area contributed by atoms with Crippen LogP contribution in [0.25, 0.3) is 0 Å². The van der Waals surface area contributed by atoms with Crippen molar-refractivity contribution in [2.45, 2.75) is 18.0 Å². The lowest BCUT2D eigenvalue weighted by molar-refractivity contribution is -0.192. The van der Waals surface area contributed by atoms with E-state index in [1.54, 1.807) is 0 Å². The molecule has 15 heavy (non-hydrogen) atoms. The van der Waals surface area contributed by atoms with Gasteiger partial charge in [-0.2, -0.15) is 13.2 Å². The van der Waals surface area contributed by atoms with Crippen molar-refractivity contribution in [3.8, 4) is 0 Å². The van der Waals surface area contributed by atoms with Crippen LogP contribution in [-0.4, -0.2) is 39.8 Å². The van der Waals surface area contributed by atoms with E-state index in [0.717, 1.165) is 5.37 Å². The molecule has 0 radical (unpaired) electrons. The van der Waals surface area contributed by atoms with Gasteiger partial charge in [-0.05, 0) is 12.6 Å². The van der Waals surface area contributed by atoms with E-state index in [9.17, 15) is 13.2 Å². The topological polar surface area (TPSA) is 40.5 Å². The number of carbonyl (C=O) groups is 1. The number of carboxylic acids is 1. The Morgan fingerprint density at radius 3 is 2.33 bits per heavy atom. The van der Waals surface area contributed by atoms with Gasteiger partial charge in [-0.15, -0.1) is 11.8 Å². The quantitative estimate of drug-likeness (QED) is 0.703. The van der Waals surface area contributed by atoms with Gasteiger partial charge in [0.25, 0.3) is 0 Å². The van der Waals surface area contributed by atoms with Gasteiger partial charge in [-0.1, -0.05) is 6.08 Å². The third-order valence-electron chi connectivity index (χ3n) is 1.93. The minimum atomic E-state index is -5.08. The van der Waals surface area contributed by atoms with Crippen molar-refractivity contribution in [3.05, 3.63) is 12.3 Å². The van der Waals surface area contributed by atoms with Crippen LogP contribution in [0.4, 0.5) is 13.2 Å². The second-order valence-electron chi connectivity index (χ2n) is 3.00. The summed E-state index contributed by atoms with van der Waals surface area (Å²) in [6.07, 6.45) is 0.778. The van der Waals surface area contributed by atoms with Crippen molar-refractivity contribution < 1.29 is 23.1 Å². The minimum Gasteiger partial charge on any atom is -0.475 e. The highest BCUT2D eigenvalue weighted by atomic mass is 32.2. The molecule has 3 nitrogen and oxygen atoms in total. The smallest absolute Gasteiger partial charge is 0.475 e. The summed E-state index contributed by atoms with van der Waals surface area (Å²) in [6, 6.07) is 0. The number of fused-ring (bicyclic) bond motifs is 1. The van der Waals surface area contributed by atoms with Crippen LogP contribution in [0, 0.1) is 0 Å². The number of hydrogen-bond acceptors (Lipinski definition) is 3. The third-order valence-corrected chi connectivity index (χ3v) is 3.20. The average Bonchev–Trinajstić information content (AvgIpc) is 2.07. The number of hydrogen-bond donors (Lipinski definition) is 1. The normalized spacial score (nSPS) is 23.4. The lowest BCUT2D eigenvalue weighted by Crippen LogP contribution is -2.42. The maximum atomic E-state index is 10.6. The van der Waals surface area contributed by atoms with Crippen molar-refractivity contribution in [3.63, 3.8) is 0 Å². The molecule has 0 spiro atoms. The van der Waals surface area contributed by atoms with E-state index in [0.29, 0.717) is 0 Å². The zero-order valence-corrected chi connectivity index (χ0v) is 8.51. The molecule has 0 aromatic heterocycles. The first-order valence-corrected chi connectivity index (χ1v) is 5.30. The van der Waals surface area contributed by atoms with Gasteiger partial charge in [-0.25, -0.2) is 4.79 Å². The van der Waals surface area contributed by atoms with Gasteiger partial charge in [0.15, 0.2) is 0 Å². The van der Waals surface area contributed by atoms with Crippen molar-refractivity contribution in [1.82, 2.24) is 4.90 Å². The predicted molar refractivity (Wildman–Crippen MR) is 50.4 cm³/mol. The van der Waals surface area contributed by atoms with Crippen LogP contribution in [0.5, 0.6) is 0 Å². The lowest BCUT2D eigenvalue weighted by atomic mass is 10.2. The molecule has 86 valence electrons. The number of aliphatic carboxylic acids is 1. The molecule has 1 atom stereocenters. The van der Waals surface area contributed by atoms with E-state index in [1.807, 2.05) is 0 Å². The first-order valence-electron chi connectivity index (χ1n) is 4.25. The summed E-state index contributed by atoms with van der Waals surface area (Å²) in [4.78, 5) is 11.3. The van der Waals surface area contributed by atoms with Gasteiger partial charge in [0.05, 0.1) is 5.37 Å². The lowest BCUT2D eigenvalue weighted by Gasteiger charge is -2.41. The number of thioether (sulfide) groups is 1. The molecular formula is C8H10F3NO2S. The Balaban J connectivity index is 0.000000153. The Bertz CT molecular complexity index is 267. The van der Waals surface area contributed by atoms with Gasteiger partial charge >= 0.3 is 12.1 Å². The summed E-state index contributed by atoms with van der Waals surface area (Å²) < 4.78 is 31.7. The molecule has 2 rings (SSSR count). The van der Waals surface area contributed by atoms with E-state index in [4.69, 9.17) is 9.90 Å². The molecular weight excluding hydrogens is 231 g/mol. The van der Waals surface area contributed by atoms with Gasteiger partial charge in [0.2, 0.25) is 0 Å². The Hall–Kier alpha value is -0.850. The van der Waals surface area contributed by atoms with Crippen LogP contribution >= 0.6 is 11.8 Å². The van der Waals surface area contributed by atoms with E-state index < -0.39 is 12.1 Å². The van der Waals surface area contributed by atoms with Crippen LogP contribution in [0.2, 0.25) is 0 Å². The van der Waals surface area contributed by atoms with Crippen LogP contribution in [0.1, 0.15) is 6.42 Å². The number of rotatable bonds is 0. The number of carboxylic acid groups (broad SMARTS) is 1. The first kappa shape index (κ1) is 12.2. The molecule has 7 heteroatoms. The molecule has 1 N–H and O–H groups in total. The fraction of sp³-hybridized carbons (Fsp3) is 0.625. The summed E-state index contributed by atoms with van der Waals surface area (Å²) >= 11 is 2.05. The SMILES string of the molecule is C1=CN2CCC2SC1.O=C(O)C(F)(F)F. The van der Waals surface area contributed by atoms with E-state index >= 15 is 0 Å². The largest absolute Gasteiger partial charge is 0.490 e. The average molecular weight is 241 g/mol. The molecule has 0 aromatic rings. The van der Waals surface area contributed by atoms with Crippen LogP contribution in [0.15, 0.2) is 12.3 Å². The summed E-state index contributed by atoms with van der Waals surface area (Å²) in [7, 11) is 0. The minimum absolute atomic E-state index is 0.847. The zero-order valence-electron chi connectivity index (χ0n) is 7.70. The molecule has 2 aliphatic rings. The predicted octanol–water partition coefficient (Wildman–Crippen LogP) is 1.91. The van der Waals surface area contributed by atoms with Gasteiger partial charge in [0.1, 0.15) is 0 Å². The molecule has 1 fully saturated rings. The molecule has 0 aromatic carbocycles. The van der Waals surface area contributed by atoms with Crippen molar-refractivity contribution in [2.24, 2.45) is 0 Å². The molecule has 0 amide bonds. The second kappa shape index (κ2) is 4.78. The maximum absolute atomic E-state index is 10.6. The highest BCUT2D eigenvalue weighted by Gasteiger charge is 2.38. The monoisotopic (exact) mass is 241 g/mol. The van der Waals surface area contributed by atoms with Crippen LogP contribution in [-0.2, 0) is 4.79 Å².